The van der Waals surface area contributed by atoms with Crippen LogP contribution in [0.1, 0.15) is 38.6 Å². The van der Waals surface area contributed by atoms with Gasteiger partial charge in [-0.1, -0.05) is 12.1 Å². The molecule has 1 aromatic heterocycles. The van der Waals surface area contributed by atoms with Gasteiger partial charge in [-0.3, -0.25) is 9.59 Å². The maximum absolute atomic E-state index is 12.4. The quantitative estimate of drug-likeness (QED) is 0.942. The normalized spacial score (nSPS) is 19.6. The summed E-state index contributed by atoms with van der Waals surface area (Å²) in [6.07, 6.45) is 1.66. The Morgan fingerprint density at radius 3 is 2.91 bits per heavy atom. The van der Waals surface area contributed by atoms with Gasteiger partial charge in [0.15, 0.2) is 5.58 Å². The van der Waals surface area contributed by atoms with Crippen molar-refractivity contribution >= 4 is 22.9 Å². The molecule has 6 heteroatoms. The number of carbonyl (C=O) groups is 2. The molecule has 2 aromatic rings. The number of aromatic nitrogens is 1. The first-order chi connectivity index (χ1) is 11.0. The monoisotopic (exact) mass is 315 g/mol. The topological polar surface area (TPSA) is 75.4 Å². The second-order valence-corrected chi connectivity index (χ2v) is 6.05. The zero-order valence-electron chi connectivity index (χ0n) is 13.4. The predicted molar refractivity (Wildman–Crippen MR) is 85.5 cm³/mol. The van der Waals surface area contributed by atoms with E-state index >= 15 is 0 Å². The van der Waals surface area contributed by atoms with Crippen LogP contribution >= 0.6 is 0 Å². The maximum atomic E-state index is 12.4. The van der Waals surface area contributed by atoms with Gasteiger partial charge in [0.25, 0.3) is 0 Å². The van der Waals surface area contributed by atoms with Crippen LogP contribution in [0.2, 0.25) is 0 Å². The lowest BCUT2D eigenvalue weighted by Crippen LogP contribution is -2.45. The number of para-hydroxylation sites is 2. The molecule has 3 rings (SSSR count). The summed E-state index contributed by atoms with van der Waals surface area (Å²) in [6.45, 7) is 4.62. The molecule has 23 heavy (non-hydrogen) atoms. The van der Waals surface area contributed by atoms with Crippen molar-refractivity contribution in [2.75, 3.05) is 13.1 Å². The highest BCUT2D eigenvalue weighted by atomic mass is 16.3. The van der Waals surface area contributed by atoms with Crippen molar-refractivity contribution in [1.29, 1.82) is 0 Å². The molecule has 1 saturated heterocycles. The second kappa shape index (κ2) is 6.40. The van der Waals surface area contributed by atoms with Crippen LogP contribution in [0.25, 0.3) is 11.1 Å². The average Bonchev–Trinajstić information content (AvgIpc) is 2.99. The van der Waals surface area contributed by atoms with Crippen LogP contribution in [0.4, 0.5) is 0 Å². The molecule has 0 spiro atoms. The largest absolute Gasteiger partial charge is 0.438 e. The van der Waals surface area contributed by atoms with Crippen molar-refractivity contribution < 1.29 is 14.0 Å². The number of oxazole rings is 1. The Balaban J connectivity index is 1.65. The van der Waals surface area contributed by atoms with E-state index in [1.54, 1.807) is 11.8 Å². The van der Waals surface area contributed by atoms with Crippen LogP contribution in [0.5, 0.6) is 0 Å². The van der Waals surface area contributed by atoms with Crippen molar-refractivity contribution in [2.24, 2.45) is 5.92 Å². The van der Waals surface area contributed by atoms with Gasteiger partial charge in [-0.15, -0.1) is 0 Å². The molecule has 122 valence electrons. The van der Waals surface area contributed by atoms with E-state index in [4.69, 9.17) is 4.42 Å². The molecule has 1 N–H and O–H groups in total. The molecule has 0 radical (unpaired) electrons. The van der Waals surface area contributed by atoms with Gasteiger partial charge >= 0.3 is 0 Å². The molecule has 1 aliphatic heterocycles. The van der Waals surface area contributed by atoms with Crippen LogP contribution in [-0.2, 0) is 9.59 Å². The van der Waals surface area contributed by atoms with Gasteiger partial charge in [-0.25, -0.2) is 4.98 Å². The summed E-state index contributed by atoms with van der Waals surface area (Å²) >= 11 is 0. The molecular weight excluding hydrogens is 294 g/mol. The number of nitrogens with one attached hydrogen (secondary N) is 1. The Bertz CT molecular complexity index is 692. The first-order valence-electron chi connectivity index (χ1n) is 7.96. The van der Waals surface area contributed by atoms with Crippen molar-refractivity contribution in [3.8, 4) is 0 Å². The fourth-order valence-electron chi connectivity index (χ4n) is 2.95. The number of likely N-dealkylation sites (tertiary alicyclic amines) is 1. The second-order valence-electron chi connectivity index (χ2n) is 6.05. The highest BCUT2D eigenvalue weighted by Gasteiger charge is 2.28. The number of benzene rings is 1. The number of nitrogens with zero attached hydrogens (tertiary/aromatic N) is 2. The average molecular weight is 315 g/mol. The van der Waals surface area contributed by atoms with E-state index in [0.717, 1.165) is 24.9 Å². The van der Waals surface area contributed by atoms with Crippen LogP contribution in [-0.4, -0.2) is 34.8 Å². The van der Waals surface area contributed by atoms with E-state index in [2.05, 4.69) is 10.3 Å². The Morgan fingerprint density at radius 1 is 1.39 bits per heavy atom. The van der Waals surface area contributed by atoms with E-state index in [1.165, 1.54) is 0 Å². The van der Waals surface area contributed by atoms with Gasteiger partial charge in [0.1, 0.15) is 11.6 Å². The zero-order valence-corrected chi connectivity index (χ0v) is 13.4. The molecule has 6 nitrogen and oxygen atoms in total. The van der Waals surface area contributed by atoms with Gasteiger partial charge in [0, 0.05) is 20.0 Å². The molecule has 1 aromatic carbocycles. The molecule has 0 unspecified atom stereocenters. The predicted octanol–water partition coefficient (Wildman–Crippen LogP) is 2.26. The van der Waals surface area contributed by atoms with Crippen molar-refractivity contribution in [2.45, 2.75) is 32.7 Å². The summed E-state index contributed by atoms with van der Waals surface area (Å²) in [7, 11) is 0. The summed E-state index contributed by atoms with van der Waals surface area (Å²) in [5, 5.41) is 2.95. The first-order valence-corrected chi connectivity index (χ1v) is 7.96. The fraction of sp³-hybridized carbons (Fsp3) is 0.471. The molecule has 1 fully saturated rings. The third kappa shape index (κ3) is 3.36. The van der Waals surface area contributed by atoms with Gasteiger partial charge in [0.2, 0.25) is 17.7 Å². The lowest BCUT2D eigenvalue weighted by molar-refractivity contribution is -0.134. The maximum Gasteiger partial charge on any atom is 0.225 e. The summed E-state index contributed by atoms with van der Waals surface area (Å²) in [4.78, 5) is 30.1. The van der Waals surface area contributed by atoms with Crippen LogP contribution in [0, 0.1) is 5.92 Å². The van der Waals surface area contributed by atoms with Crippen molar-refractivity contribution in [3.63, 3.8) is 0 Å². The Labute approximate surface area is 134 Å². The van der Waals surface area contributed by atoms with Gasteiger partial charge in [-0.2, -0.15) is 0 Å². The first kappa shape index (κ1) is 15.5. The standard InChI is InChI=1S/C17H21N3O3/c1-11(17-19-14-7-3-4-8-15(14)23-17)18-16(22)13-6-5-9-20(10-13)12(2)21/h3-4,7-8,11,13H,5-6,9-10H2,1-2H3,(H,18,22)/t11-,13-/m1/s1. The molecule has 2 heterocycles. The minimum atomic E-state index is -0.303. The minimum absolute atomic E-state index is 0.0227. The summed E-state index contributed by atoms with van der Waals surface area (Å²) in [5.41, 5.74) is 1.49. The SMILES string of the molecule is CC(=O)N1CCC[C@@H](C(=O)N[C@H](C)c2nc3ccccc3o2)C1. The van der Waals surface area contributed by atoms with Crippen LogP contribution in [0.15, 0.2) is 28.7 Å². The van der Waals surface area contributed by atoms with Gasteiger partial charge in [0.05, 0.1) is 5.92 Å². The Hall–Kier alpha value is -2.37. The van der Waals surface area contributed by atoms with E-state index < -0.39 is 0 Å². The van der Waals surface area contributed by atoms with E-state index in [9.17, 15) is 9.59 Å². The minimum Gasteiger partial charge on any atom is -0.438 e. The molecule has 0 bridgehead atoms. The number of amides is 2. The van der Waals surface area contributed by atoms with Crippen LogP contribution < -0.4 is 5.32 Å². The fourth-order valence-corrected chi connectivity index (χ4v) is 2.95. The van der Waals surface area contributed by atoms with Crippen LogP contribution in [0.3, 0.4) is 0 Å². The van der Waals surface area contributed by atoms with Gasteiger partial charge < -0.3 is 14.6 Å². The molecule has 2 atom stereocenters. The molecular formula is C17H21N3O3. The van der Waals surface area contributed by atoms with Crippen molar-refractivity contribution in [3.05, 3.63) is 30.2 Å². The number of rotatable bonds is 3. The molecule has 2 amide bonds. The molecule has 0 aliphatic carbocycles. The summed E-state index contributed by atoms with van der Waals surface area (Å²) in [5.74, 6) is 0.304. The molecule has 0 saturated carbocycles. The number of piperidine rings is 1. The number of fused-ring (bicyclic) bond motifs is 1. The van der Waals surface area contributed by atoms with E-state index in [-0.39, 0.29) is 23.8 Å². The van der Waals surface area contributed by atoms with Crippen molar-refractivity contribution in [1.82, 2.24) is 15.2 Å². The lowest BCUT2D eigenvalue weighted by Gasteiger charge is -2.31. The third-order valence-corrected chi connectivity index (χ3v) is 4.28. The number of hydrogen-bond acceptors (Lipinski definition) is 4. The highest BCUT2D eigenvalue weighted by Crippen LogP contribution is 2.21. The number of carbonyl (C=O) groups excluding carboxylic acids is 2. The summed E-state index contributed by atoms with van der Waals surface area (Å²) in [6, 6.07) is 7.21. The Kier molecular flexibility index (Phi) is 4.32. The number of hydrogen-bond donors (Lipinski definition) is 1. The molecule has 1 aliphatic rings. The van der Waals surface area contributed by atoms with E-state index in [0.29, 0.717) is 18.0 Å². The Morgan fingerprint density at radius 2 is 2.17 bits per heavy atom. The lowest BCUT2D eigenvalue weighted by atomic mass is 9.97. The van der Waals surface area contributed by atoms with E-state index in [1.807, 2.05) is 31.2 Å². The zero-order chi connectivity index (χ0) is 16.4. The summed E-state index contributed by atoms with van der Waals surface area (Å²) < 4.78 is 5.69. The smallest absolute Gasteiger partial charge is 0.225 e. The third-order valence-electron chi connectivity index (χ3n) is 4.28. The highest BCUT2D eigenvalue weighted by molar-refractivity contribution is 5.81. The van der Waals surface area contributed by atoms with Gasteiger partial charge in [-0.05, 0) is 31.9 Å².